The lowest BCUT2D eigenvalue weighted by molar-refractivity contribution is 0.0827. The van der Waals surface area contributed by atoms with Crippen molar-refractivity contribution in [2.24, 2.45) is 4.99 Å². The number of nitrogens with one attached hydrogen (secondary N) is 2. The summed E-state index contributed by atoms with van der Waals surface area (Å²) in [5.74, 6) is 0.779. The molecule has 0 saturated carbocycles. The van der Waals surface area contributed by atoms with Crippen LogP contribution in [-0.2, 0) is 12.8 Å². The molecule has 2 aromatic rings. The Morgan fingerprint density at radius 1 is 1.00 bits per heavy atom. The van der Waals surface area contributed by atoms with Crippen LogP contribution in [0.1, 0.15) is 21.5 Å². The number of amides is 1. The molecule has 0 bridgehead atoms. The van der Waals surface area contributed by atoms with Crippen LogP contribution >= 0.6 is 11.6 Å². The number of hydrogen-bond acceptors (Lipinski definition) is 2. The number of rotatable bonds is 7. The molecular formula is C21H27ClN4O. The summed E-state index contributed by atoms with van der Waals surface area (Å²) in [5.41, 5.74) is 3.01. The third-order valence-corrected chi connectivity index (χ3v) is 4.34. The highest BCUT2D eigenvalue weighted by Crippen LogP contribution is 2.10. The molecule has 27 heavy (non-hydrogen) atoms. The Bertz CT molecular complexity index is 789. The molecule has 0 aliphatic carbocycles. The molecule has 144 valence electrons. The van der Waals surface area contributed by atoms with Crippen molar-refractivity contribution in [2.75, 3.05) is 34.2 Å². The van der Waals surface area contributed by atoms with Crippen molar-refractivity contribution in [3.8, 4) is 0 Å². The molecule has 2 aromatic carbocycles. The molecule has 0 unspecified atom stereocenters. The van der Waals surface area contributed by atoms with Crippen molar-refractivity contribution in [1.29, 1.82) is 0 Å². The second-order valence-electron chi connectivity index (χ2n) is 6.46. The minimum Gasteiger partial charge on any atom is -0.356 e. The Morgan fingerprint density at radius 2 is 1.59 bits per heavy atom. The normalized spacial score (nSPS) is 11.2. The molecule has 0 atom stereocenters. The maximum Gasteiger partial charge on any atom is 0.253 e. The first kappa shape index (κ1) is 20.8. The van der Waals surface area contributed by atoms with E-state index in [-0.39, 0.29) is 5.91 Å². The Hall–Kier alpha value is -2.53. The Labute approximate surface area is 166 Å². The zero-order valence-electron chi connectivity index (χ0n) is 16.1. The number of halogens is 1. The van der Waals surface area contributed by atoms with Crippen molar-refractivity contribution in [2.45, 2.75) is 12.8 Å². The van der Waals surface area contributed by atoms with Gasteiger partial charge in [0.15, 0.2) is 5.96 Å². The average molecular weight is 387 g/mol. The van der Waals surface area contributed by atoms with E-state index in [0.717, 1.165) is 42.5 Å². The lowest BCUT2D eigenvalue weighted by Crippen LogP contribution is -2.39. The van der Waals surface area contributed by atoms with Gasteiger partial charge < -0.3 is 15.5 Å². The van der Waals surface area contributed by atoms with E-state index >= 15 is 0 Å². The van der Waals surface area contributed by atoms with Crippen molar-refractivity contribution in [3.05, 3.63) is 70.2 Å². The summed E-state index contributed by atoms with van der Waals surface area (Å²) in [5, 5.41) is 7.36. The van der Waals surface area contributed by atoms with Gasteiger partial charge in [0.1, 0.15) is 0 Å². The Balaban J connectivity index is 1.78. The number of hydrogen-bond donors (Lipinski definition) is 2. The highest BCUT2D eigenvalue weighted by atomic mass is 35.5. The first-order chi connectivity index (χ1) is 13.0. The summed E-state index contributed by atoms with van der Waals surface area (Å²) >= 11 is 6.01. The van der Waals surface area contributed by atoms with Crippen LogP contribution in [0.2, 0.25) is 5.02 Å². The molecule has 0 saturated heterocycles. The van der Waals surface area contributed by atoms with Crippen molar-refractivity contribution >= 4 is 23.5 Å². The summed E-state index contributed by atoms with van der Waals surface area (Å²) in [6.07, 6.45) is 1.68. The monoisotopic (exact) mass is 386 g/mol. The second-order valence-corrected chi connectivity index (χ2v) is 6.89. The van der Waals surface area contributed by atoms with Crippen LogP contribution in [-0.4, -0.2) is 51.0 Å². The topological polar surface area (TPSA) is 56.7 Å². The van der Waals surface area contributed by atoms with Gasteiger partial charge in [-0.15, -0.1) is 0 Å². The lowest BCUT2D eigenvalue weighted by atomic mass is 10.1. The van der Waals surface area contributed by atoms with E-state index < -0.39 is 0 Å². The van der Waals surface area contributed by atoms with Gasteiger partial charge in [-0.1, -0.05) is 35.9 Å². The van der Waals surface area contributed by atoms with Gasteiger partial charge in [0.2, 0.25) is 0 Å². The molecule has 0 fully saturated rings. The van der Waals surface area contributed by atoms with Crippen LogP contribution in [0.5, 0.6) is 0 Å². The minimum absolute atomic E-state index is 0.0169. The van der Waals surface area contributed by atoms with Gasteiger partial charge in [-0.25, -0.2) is 0 Å². The maximum absolute atomic E-state index is 12.1. The van der Waals surface area contributed by atoms with Crippen molar-refractivity contribution in [1.82, 2.24) is 15.5 Å². The summed E-state index contributed by atoms with van der Waals surface area (Å²) in [6.45, 7) is 1.50. The smallest absolute Gasteiger partial charge is 0.253 e. The van der Waals surface area contributed by atoms with Crippen LogP contribution in [0.4, 0.5) is 0 Å². The first-order valence-corrected chi connectivity index (χ1v) is 9.37. The number of carbonyl (C=O) groups is 1. The summed E-state index contributed by atoms with van der Waals surface area (Å²) < 4.78 is 0. The van der Waals surface area contributed by atoms with Crippen LogP contribution in [0, 0.1) is 0 Å². The summed E-state index contributed by atoms with van der Waals surface area (Å²) in [6, 6.07) is 15.6. The van der Waals surface area contributed by atoms with Crippen LogP contribution in [0.25, 0.3) is 0 Å². The summed E-state index contributed by atoms with van der Waals surface area (Å²) in [7, 11) is 5.27. The zero-order valence-corrected chi connectivity index (χ0v) is 16.9. The van der Waals surface area contributed by atoms with Gasteiger partial charge in [-0.05, 0) is 48.2 Å². The van der Waals surface area contributed by atoms with E-state index in [1.54, 1.807) is 26.0 Å². The third kappa shape index (κ3) is 6.94. The first-order valence-electron chi connectivity index (χ1n) is 8.99. The highest BCUT2D eigenvalue weighted by molar-refractivity contribution is 6.30. The van der Waals surface area contributed by atoms with Gasteiger partial charge in [0.25, 0.3) is 5.91 Å². The zero-order chi connectivity index (χ0) is 19.6. The average Bonchev–Trinajstić information content (AvgIpc) is 2.66. The molecule has 0 heterocycles. The molecule has 0 aromatic heterocycles. The quantitative estimate of drug-likeness (QED) is 0.568. The van der Waals surface area contributed by atoms with Gasteiger partial charge in [-0.2, -0.15) is 0 Å². The SMILES string of the molecule is CN=C(NCCc1cccc(Cl)c1)NCCc1cccc(C(=O)N(C)C)c1. The van der Waals surface area contributed by atoms with Gasteiger partial charge in [0, 0.05) is 44.8 Å². The molecule has 2 rings (SSSR count). The third-order valence-electron chi connectivity index (χ3n) is 4.10. The highest BCUT2D eigenvalue weighted by Gasteiger charge is 2.08. The van der Waals surface area contributed by atoms with Crippen LogP contribution < -0.4 is 10.6 Å². The number of carbonyl (C=O) groups excluding carboxylic acids is 1. The molecule has 5 nitrogen and oxygen atoms in total. The maximum atomic E-state index is 12.1. The molecule has 1 amide bonds. The number of aliphatic imine (C=N–C) groups is 1. The Morgan fingerprint density at radius 3 is 2.15 bits per heavy atom. The van der Waals surface area contributed by atoms with E-state index in [0.29, 0.717) is 5.56 Å². The number of guanidine groups is 1. The lowest BCUT2D eigenvalue weighted by Gasteiger charge is -2.13. The number of nitrogens with zero attached hydrogens (tertiary/aromatic N) is 2. The predicted octanol–water partition coefficient (Wildman–Crippen LogP) is 2.99. The Kier molecular flexibility index (Phi) is 8.14. The molecular weight excluding hydrogens is 360 g/mol. The van der Waals surface area contributed by atoms with Gasteiger partial charge >= 0.3 is 0 Å². The molecule has 0 spiro atoms. The van der Waals surface area contributed by atoms with E-state index in [2.05, 4.69) is 21.7 Å². The fraction of sp³-hybridized carbons (Fsp3) is 0.333. The standard InChI is InChI=1S/C21H27ClN4O/c1-23-21(25-13-11-17-7-5-9-19(22)15-17)24-12-10-16-6-4-8-18(14-16)20(27)26(2)3/h4-9,14-15H,10-13H2,1-3H3,(H2,23,24,25). The molecule has 0 radical (unpaired) electrons. The second kappa shape index (κ2) is 10.6. The van der Waals surface area contributed by atoms with Crippen molar-refractivity contribution < 1.29 is 4.79 Å². The van der Waals surface area contributed by atoms with E-state index in [4.69, 9.17) is 11.6 Å². The van der Waals surface area contributed by atoms with E-state index in [1.807, 2.05) is 42.5 Å². The molecule has 0 aliphatic rings. The van der Waals surface area contributed by atoms with Crippen LogP contribution in [0.15, 0.2) is 53.5 Å². The van der Waals surface area contributed by atoms with Crippen molar-refractivity contribution in [3.63, 3.8) is 0 Å². The van der Waals surface area contributed by atoms with E-state index in [9.17, 15) is 4.79 Å². The fourth-order valence-corrected chi connectivity index (χ4v) is 2.89. The largest absolute Gasteiger partial charge is 0.356 e. The minimum atomic E-state index is 0.0169. The van der Waals surface area contributed by atoms with Gasteiger partial charge in [-0.3, -0.25) is 9.79 Å². The summed E-state index contributed by atoms with van der Waals surface area (Å²) in [4.78, 5) is 17.9. The molecule has 0 aliphatic heterocycles. The van der Waals surface area contributed by atoms with Crippen LogP contribution in [0.3, 0.4) is 0 Å². The van der Waals surface area contributed by atoms with E-state index in [1.165, 1.54) is 5.56 Å². The molecule has 2 N–H and O–H groups in total. The number of benzene rings is 2. The fourth-order valence-electron chi connectivity index (χ4n) is 2.68. The molecule has 6 heteroatoms. The van der Waals surface area contributed by atoms with Gasteiger partial charge in [0.05, 0.1) is 0 Å². The predicted molar refractivity (Wildman–Crippen MR) is 113 cm³/mol.